The molecule has 4 aromatic rings. The first-order chi connectivity index (χ1) is 26.7. The van der Waals surface area contributed by atoms with Gasteiger partial charge in [0.25, 0.3) is 0 Å². The van der Waals surface area contributed by atoms with Gasteiger partial charge < -0.3 is 24.4 Å². The predicted molar refractivity (Wildman–Crippen MR) is 214 cm³/mol. The number of piperazine rings is 1. The normalized spacial score (nSPS) is 14.4. The Hall–Kier alpha value is -5.79. The molecular formula is C42H49N7O6. The van der Waals surface area contributed by atoms with Gasteiger partial charge in [0.2, 0.25) is 5.95 Å². The van der Waals surface area contributed by atoms with Crippen molar-refractivity contribution in [1.82, 2.24) is 14.9 Å². The molecule has 3 heterocycles. The highest BCUT2D eigenvalue weighted by molar-refractivity contribution is 6.05. The molecule has 0 radical (unpaired) electrons. The van der Waals surface area contributed by atoms with Crippen LogP contribution in [0, 0.1) is 0 Å². The van der Waals surface area contributed by atoms with Crippen LogP contribution in [0.4, 0.5) is 33.6 Å². The van der Waals surface area contributed by atoms with E-state index in [2.05, 4.69) is 26.7 Å². The number of hydrogen-bond donors (Lipinski definition) is 1. The van der Waals surface area contributed by atoms with E-state index in [-0.39, 0.29) is 43.1 Å². The highest BCUT2D eigenvalue weighted by Gasteiger charge is 2.34. The van der Waals surface area contributed by atoms with Crippen LogP contribution in [0.25, 0.3) is 0 Å². The van der Waals surface area contributed by atoms with Crippen LogP contribution < -0.4 is 29.5 Å². The van der Waals surface area contributed by atoms with Crippen molar-refractivity contribution in [3.63, 3.8) is 0 Å². The maximum atomic E-state index is 14.5. The first-order valence-corrected chi connectivity index (χ1v) is 18.5. The average molecular weight is 748 g/mol. The van der Waals surface area contributed by atoms with Crippen LogP contribution in [0.15, 0.2) is 79.5 Å². The van der Waals surface area contributed by atoms with Crippen molar-refractivity contribution in [2.24, 2.45) is 0 Å². The Bertz CT molecular complexity index is 2010. The van der Waals surface area contributed by atoms with E-state index in [1.807, 2.05) is 49.4 Å². The lowest BCUT2D eigenvalue weighted by Crippen LogP contribution is -2.47. The molecule has 1 fully saturated rings. The number of fused-ring (bicyclic) bond motifs is 1. The van der Waals surface area contributed by atoms with E-state index < -0.39 is 0 Å². The summed E-state index contributed by atoms with van der Waals surface area (Å²) in [5.74, 6) is 1.86. The first kappa shape index (κ1) is 38.9. The number of allylic oxidation sites excluding steroid dienone is 1. The monoisotopic (exact) mass is 747 g/mol. The van der Waals surface area contributed by atoms with Crippen molar-refractivity contribution < 1.29 is 28.6 Å². The highest BCUT2D eigenvalue weighted by atomic mass is 16.5. The maximum Gasteiger partial charge on any atom is 0.330 e. The molecule has 0 aliphatic carbocycles. The lowest BCUT2D eigenvalue weighted by molar-refractivity contribution is -0.118. The standard InChI is InChI=1S/C42H49N7O6/c1-6-35(50)20-29-9-8-10-30(19-29)27-49-40-32(28-48(42(49)52)34-23-37(54-4)25-38(24-34)55-5)26-43-41(45-40)44-39-12-11-33(21-31(39)22-36(51)7-2)47-15-13-46(14-16-47)17-18-53-3/h7-12,19,21,23-26H,2,6,13-18,20,22,27-28H2,1,3-5H3,(H,43,44,45). The van der Waals surface area contributed by atoms with Crippen LogP contribution >= 0.6 is 0 Å². The number of anilines is 5. The molecule has 6 rings (SSSR count). The minimum atomic E-state index is -0.300. The fourth-order valence-electron chi connectivity index (χ4n) is 6.82. The van der Waals surface area contributed by atoms with E-state index in [0.717, 1.165) is 60.7 Å². The third-order valence-corrected chi connectivity index (χ3v) is 9.94. The third-order valence-electron chi connectivity index (χ3n) is 9.94. The summed E-state index contributed by atoms with van der Waals surface area (Å²) in [5.41, 5.74) is 5.55. The van der Waals surface area contributed by atoms with Gasteiger partial charge in [0.15, 0.2) is 5.78 Å². The minimum absolute atomic E-state index is 0.107. The summed E-state index contributed by atoms with van der Waals surface area (Å²) >= 11 is 0. The van der Waals surface area contributed by atoms with Gasteiger partial charge in [-0.3, -0.25) is 24.3 Å². The number of carbonyl (C=O) groups excluding carboxylic acids is 3. The molecule has 0 saturated carbocycles. The van der Waals surface area contributed by atoms with Crippen molar-refractivity contribution in [1.29, 1.82) is 0 Å². The average Bonchev–Trinajstić information content (AvgIpc) is 3.21. The molecule has 1 saturated heterocycles. The van der Waals surface area contributed by atoms with Crippen LogP contribution in [0.2, 0.25) is 0 Å². The van der Waals surface area contributed by atoms with Gasteiger partial charge in [-0.05, 0) is 41.0 Å². The Morgan fingerprint density at radius 3 is 2.35 bits per heavy atom. The molecule has 0 spiro atoms. The van der Waals surface area contributed by atoms with E-state index in [1.165, 1.54) is 6.08 Å². The number of aromatic nitrogens is 2. The van der Waals surface area contributed by atoms with E-state index in [4.69, 9.17) is 19.2 Å². The summed E-state index contributed by atoms with van der Waals surface area (Å²) in [4.78, 5) is 57.1. The topological polar surface area (TPSA) is 130 Å². The van der Waals surface area contributed by atoms with Gasteiger partial charge in [-0.15, -0.1) is 0 Å². The zero-order valence-electron chi connectivity index (χ0n) is 32.0. The Morgan fingerprint density at radius 1 is 0.909 bits per heavy atom. The molecule has 13 nitrogen and oxygen atoms in total. The predicted octanol–water partition coefficient (Wildman–Crippen LogP) is 5.97. The van der Waals surface area contributed by atoms with Crippen molar-refractivity contribution in [3.05, 3.63) is 102 Å². The summed E-state index contributed by atoms with van der Waals surface area (Å²) in [6.07, 6.45) is 3.98. The molecule has 1 aromatic heterocycles. The van der Waals surface area contributed by atoms with Gasteiger partial charge in [0, 0.05) is 100 Å². The fraction of sp³-hybridized carbons (Fsp3) is 0.357. The number of rotatable bonds is 17. The molecule has 0 bridgehead atoms. The molecule has 2 aliphatic heterocycles. The Kier molecular flexibility index (Phi) is 12.8. The van der Waals surface area contributed by atoms with Crippen molar-refractivity contribution >= 4 is 46.4 Å². The molecule has 2 aliphatic rings. The third kappa shape index (κ3) is 9.48. The van der Waals surface area contributed by atoms with E-state index in [9.17, 15) is 14.4 Å². The lowest BCUT2D eigenvalue weighted by atomic mass is 10.0. The number of ether oxygens (including phenoxy) is 3. The van der Waals surface area contributed by atoms with Gasteiger partial charge in [0.05, 0.1) is 39.6 Å². The van der Waals surface area contributed by atoms with Crippen LogP contribution in [0.3, 0.4) is 0 Å². The number of nitrogens with one attached hydrogen (secondary N) is 1. The molecule has 1 N–H and O–H groups in total. The second-order valence-electron chi connectivity index (χ2n) is 13.6. The Labute approximate surface area is 322 Å². The Balaban J connectivity index is 1.33. The second kappa shape index (κ2) is 18.0. The number of ketones is 2. The number of Topliss-reactive ketones (excluding diaryl/α,β-unsaturated/α-hetero) is 1. The highest BCUT2D eigenvalue weighted by Crippen LogP contribution is 2.36. The number of urea groups is 1. The van der Waals surface area contributed by atoms with Gasteiger partial charge in [-0.25, -0.2) is 9.78 Å². The SMILES string of the molecule is C=CC(=O)Cc1cc(N2CCN(CCOC)CC2)ccc1Nc1ncc2c(n1)N(Cc1cccc(CC(=O)CC)c1)C(=O)N(c1cc(OC)cc(OC)c1)C2. The summed E-state index contributed by atoms with van der Waals surface area (Å²) in [6.45, 7) is 11.1. The summed E-state index contributed by atoms with van der Waals surface area (Å²) in [5, 5.41) is 3.35. The minimum Gasteiger partial charge on any atom is -0.497 e. The first-order valence-electron chi connectivity index (χ1n) is 18.5. The number of amides is 2. The zero-order valence-corrected chi connectivity index (χ0v) is 32.0. The van der Waals surface area contributed by atoms with Crippen molar-refractivity contribution in [2.75, 3.05) is 80.7 Å². The molecule has 0 unspecified atom stereocenters. The van der Waals surface area contributed by atoms with E-state index >= 15 is 0 Å². The van der Waals surface area contributed by atoms with Gasteiger partial charge >= 0.3 is 6.03 Å². The fourth-order valence-corrected chi connectivity index (χ4v) is 6.82. The quantitative estimate of drug-likeness (QED) is 0.128. The molecule has 55 heavy (non-hydrogen) atoms. The van der Waals surface area contributed by atoms with Crippen LogP contribution in [0.5, 0.6) is 11.5 Å². The summed E-state index contributed by atoms with van der Waals surface area (Å²) in [6, 6.07) is 18.8. The number of nitrogens with zero attached hydrogens (tertiary/aromatic N) is 6. The molecule has 0 atom stereocenters. The van der Waals surface area contributed by atoms with E-state index in [1.54, 1.807) is 55.5 Å². The maximum absolute atomic E-state index is 14.5. The molecule has 13 heteroatoms. The van der Waals surface area contributed by atoms with Gasteiger partial charge in [-0.1, -0.05) is 37.8 Å². The molecule has 2 amide bonds. The largest absolute Gasteiger partial charge is 0.497 e. The van der Waals surface area contributed by atoms with Crippen LogP contribution in [-0.4, -0.2) is 93.1 Å². The summed E-state index contributed by atoms with van der Waals surface area (Å²) < 4.78 is 16.3. The zero-order chi connectivity index (χ0) is 38.9. The van der Waals surface area contributed by atoms with E-state index in [0.29, 0.717) is 48.1 Å². The second-order valence-corrected chi connectivity index (χ2v) is 13.6. The Morgan fingerprint density at radius 2 is 1.65 bits per heavy atom. The summed E-state index contributed by atoms with van der Waals surface area (Å²) in [7, 11) is 4.85. The number of hydrogen-bond acceptors (Lipinski definition) is 11. The molecular weight excluding hydrogens is 699 g/mol. The van der Waals surface area contributed by atoms with Gasteiger partial charge in [0.1, 0.15) is 23.1 Å². The number of benzene rings is 3. The van der Waals surface area contributed by atoms with Crippen molar-refractivity contribution in [2.45, 2.75) is 39.3 Å². The van der Waals surface area contributed by atoms with Crippen LogP contribution in [-0.2, 0) is 40.3 Å². The number of methoxy groups -OCH3 is 3. The lowest BCUT2D eigenvalue weighted by Gasteiger charge is -2.36. The molecule has 3 aromatic carbocycles. The van der Waals surface area contributed by atoms with Gasteiger partial charge in [-0.2, -0.15) is 4.98 Å². The smallest absolute Gasteiger partial charge is 0.330 e. The van der Waals surface area contributed by atoms with Crippen molar-refractivity contribution in [3.8, 4) is 11.5 Å². The molecule has 288 valence electrons. The van der Waals surface area contributed by atoms with Crippen LogP contribution in [0.1, 0.15) is 35.6 Å². The number of carbonyl (C=O) groups is 3.